The number of rotatable bonds is 3. The van der Waals surface area contributed by atoms with Gasteiger partial charge < -0.3 is 4.74 Å². The molecule has 2 heteroatoms. The highest BCUT2D eigenvalue weighted by atomic mass is 79.9. The van der Waals surface area contributed by atoms with Crippen LogP contribution in [-0.2, 0) is 4.74 Å². The van der Waals surface area contributed by atoms with E-state index in [1.807, 2.05) is 6.08 Å². The van der Waals surface area contributed by atoms with Crippen LogP contribution in [0, 0.1) is 5.41 Å². The molecule has 0 radical (unpaired) electrons. The molecule has 0 spiro atoms. The number of hydrogen-bond acceptors (Lipinski definition) is 1. The lowest BCUT2D eigenvalue weighted by atomic mass is 9.79. The minimum Gasteiger partial charge on any atom is -0.375 e. The van der Waals surface area contributed by atoms with Gasteiger partial charge in [-0.3, -0.25) is 0 Å². The van der Waals surface area contributed by atoms with Crippen molar-refractivity contribution in [1.29, 1.82) is 0 Å². The van der Waals surface area contributed by atoms with E-state index < -0.39 is 0 Å². The fourth-order valence-corrected chi connectivity index (χ4v) is 2.95. The van der Waals surface area contributed by atoms with Gasteiger partial charge in [-0.25, -0.2) is 0 Å². The molecule has 0 bridgehead atoms. The second kappa shape index (κ2) is 3.93. The lowest BCUT2D eigenvalue weighted by molar-refractivity contribution is 0.0383. The van der Waals surface area contributed by atoms with Crippen LogP contribution >= 0.6 is 15.9 Å². The summed E-state index contributed by atoms with van der Waals surface area (Å²) in [5.41, 5.74) is 0.293. The van der Waals surface area contributed by atoms with Crippen molar-refractivity contribution in [2.75, 3.05) is 5.33 Å². The lowest BCUT2D eigenvalue weighted by Crippen LogP contribution is -2.29. The van der Waals surface area contributed by atoms with Gasteiger partial charge in [-0.15, -0.1) is 6.58 Å². The first-order valence-electron chi connectivity index (χ1n) is 4.47. The minimum atomic E-state index is 0.293. The first kappa shape index (κ1) is 10.3. The Morgan fingerprint density at radius 2 is 2.33 bits per heavy atom. The molecule has 0 saturated carbocycles. The summed E-state index contributed by atoms with van der Waals surface area (Å²) >= 11 is 3.57. The maximum absolute atomic E-state index is 5.74. The Balaban J connectivity index is 2.71. The molecule has 0 aliphatic carbocycles. The highest BCUT2D eigenvalue weighted by molar-refractivity contribution is 9.09. The second-order valence-corrected chi connectivity index (χ2v) is 4.34. The highest BCUT2D eigenvalue weighted by Crippen LogP contribution is 2.42. The summed E-state index contributed by atoms with van der Waals surface area (Å²) in [5.74, 6) is 0. The van der Waals surface area contributed by atoms with Gasteiger partial charge in [0.15, 0.2) is 0 Å². The number of hydrogen-bond donors (Lipinski definition) is 0. The molecule has 1 aliphatic rings. The van der Waals surface area contributed by atoms with Crippen molar-refractivity contribution < 1.29 is 4.74 Å². The van der Waals surface area contributed by atoms with Crippen molar-refractivity contribution in [3.8, 4) is 0 Å². The van der Waals surface area contributed by atoms with Crippen LogP contribution in [0.5, 0.6) is 0 Å². The smallest absolute Gasteiger partial charge is 0.0618 e. The number of allylic oxidation sites excluding steroid dienone is 1. The Morgan fingerprint density at radius 3 is 2.67 bits per heavy atom. The summed E-state index contributed by atoms with van der Waals surface area (Å²) in [6, 6.07) is 0. The normalized spacial score (nSPS) is 41.6. The summed E-state index contributed by atoms with van der Waals surface area (Å²) in [7, 11) is 0. The first-order chi connectivity index (χ1) is 5.64. The minimum absolute atomic E-state index is 0.293. The van der Waals surface area contributed by atoms with E-state index >= 15 is 0 Å². The molecule has 0 aromatic carbocycles. The molecule has 0 aromatic heterocycles. The lowest BCUT2D eigenvalue weighted by Gasteiger charge is -2.28. The summed E-state index contributed by atoms with van der Waals surface area (Å²) < 4.78 is 5.74. The Hall–Kier alpha value is 0.180. The number of halogens is 1. The zero-order chi connectivity index (χ0) is 9.19. The van der Waals surface area contributed by atoms with E-state index in [1.54, 1.807) is 0 Å². The molecule has 1 rings (SSSR count). The monoisotopic (exact) mass is 232 g/mol. The van der Waals surface area contributed by atoms with Crippen molar-refractivity contribution in [1.82, 2.24) is 0 Å². The molecule has 0 N–H and O–H groups in total. The van der Waals surface area contributed by atoms with E-state index in [1.165, 1.54) is 0 Å². The number of ether oxygens (including phenoxy) is 1. The van der Waals surface area contributed by atoms with Crippen LogP contribution in [-0.4, -0.2) is 17.5 Å². The SMILES string of the molecule is C=CCC1(CBr)CC(C)OC1C. The molecule has 1 fully saturated rings. The van der Waals surface area contributed by atoms with E-state index in [9.17, 15) is 0 Å². The molecule has 1 saturated heterocycles. The van der Waals surface area contributed by atoms with Gasteiger partial charge in [0.25, 0.3) is 0 Å². The topological polar surface area (TPSA) is 9.23 Å². The second-order valence-electron chi connectivity index (χ2n) is 3.78. The van der Waals surface area contributed by atoms with Gasteiger partial charge in [0.1, 0.15) is 0 Å². The molecule has 3 atom stereocenters. The van der Waals surface area contributed by atoms with Gasteiger partial charge in [-0.2, -0.15) is 0 Å². The van der Waals surface area contributed by atoms with Crippen molar-refractivity contribution in [2.45, 2.75) is 38.9 Å². The van der Waals surface area contributed by atoms with Crippen LogP contribution in [0.1, 0.15) is 26.7 Å². The van der Waals surface area contributed by atoms with E-state index in [2.05, 4.69) is 36.4 Å². The maximum Gasteiger partial charge on any atom is 0.0618 e. The predicted molar refractivity (Wildman–Crippen MR) is 55.7 cm³/mol. The molecular formula is C10H17BrO. The zero-order valence-electron chi connectivity index (χ0n) is 7.85. The molecule has 70 valence electrons. The van der Waals surface area contributed by atoms with Crippen LogP contribution in [0.25, 0.3) is 0 Å². The van der Waals surface area contributed by atoms with Gasteiger partial charge in [-0.1, -0.05) is 22.0 Å². The predicted octanol–water partition coefficient (Wildman–Crippen LogP) is 3.14. The summed E-state index contributed by atoms with van der Waals surface area (Å²) in [4.78, 5) is 0. The van der Waals surface area contributed by atoms with Crippen molar-refractivity contribution in [3.05, 3.63) is 12.7 Å². The average molecular weight is 233 g/mol. The third-order valence-electron chi connectivity index (χ3n) is 2.81. The Bertz CT molecular complexity index is 169. The van der Waals surface area contributed by atoms with Gasteiger partial charge in [0.2, 0.25) is 0 Å². The largest absolute Gasteiger partial charge is 0.375 e. The molecule has 3 unspecified atom stereocenters. The average Bonchev–Trinajstić information content (AvgIpc) is 2.28. The van der Waals surface area contributed by atoms with Gasteiger partial charge >= 0.3 is 0 Å². The van der Waals surface area contributed by atoms with Crippen molar-refractivity contribution in [3.63, 3.8) is 0 Å². The van der Waals surface area contributed by atoms with Crippen LogP contribution in [0.3, 0.4) is 0 Å². The quantitative estimate of drug-likeness (QED) is 0.537. The third-order valence-corrected chi connectivity index (χ3v) is 3.93. The number of alkyl halides is 1. The molecule has 12 heavy (non-hydrogen) atoms. The van der Waals surface area contributed by atoms with Crippen molar-refractivity contribution >= 4 is 15.9 Å². The summed E-state index contributed by atoms with van der Waals surface area (Å²) in [6.07, 6.45) is 4.94. The molecule has 1 heterocycles. The fraction of sp³-hybridized carbons (Fsp3) is 0.800. The van der Waals surface area contributed by atoms with Gasteiger partial charge in [0.05, 0.1) is 12.2 Å². The van der Waals surface area contributed by atoms with Crippen molar-refractivity contribution in [2.24, 2.45) is 5.41 Å². The summed E-state index contributed by atoms with van der Waals surface area (Å²) in [5, 5.41) is 1.01. The van der Waals surface area contributed by atoms with Crippen LogP contribution in [0.2, 0.25) is 0 Å². The molecule has 0 aromatic rings. The molecule has 1 nitrogen and oxygen atoms in total. The van der Waals surface area contributed by atoms with Gasteiger partial charge in [0, 0.05) is 10.7 Å². The standard InChI is InChI=1S/C10H17BrO/c1-4-5-10(7-11)6-8(2)12-9(10)3/h4,8-9H,1,5-7H2,2-3H3. The van der Waals surface area contributed by atoms with Crippen LogP contribution in [0.15, 0.2) is 12.7 Å². The zero-order valence-corrected chi connectivity index (χ0v) is 9.43. The third kappa shape index (κ3) is 1.74. The van der Waals surface area contributed by atoms with Crippen LogP contribution in [0.4, 0.5) is 0 Å². The Labute approximate surface area is 83.3 Å². The molecule has 1 aliphatic heterocycles. The summed E-state index contributed by atoms with van der Waals surface area (Å²) in [6.45, 7) is 8.10. The fourth-order valence-electron chi connectivity index (χ4n) is 2.03. The Kier molecular flexibility index (Phi) is 3.36. The Morgan fingerprint density at radius 1 is 1.67 bits per heavy atom. The van der Waals surface area contributed by atoms with Crippen LogP contribution < -0.4 is 0 Å². The highest BCUT2D eigenvalue weighted by Gasteiger charge is 2.42. The van der Waals surface area contributed by atoms with E-state index in [0.717, 1.165) is 18.2 Å². The van der Waals surface area contributed by atoms with E-state index in [0.29, 0.717) is 17.6 Å². The van der Waals surface area contributed by atoms with E-state index in [-0.39, 0.29) is 0 Å². The maximum atomic E-state index is 5.74. The molecular weight excluding hydrogens is 216 g/mol. The first-order valence-corrected chi connectivity index (χ1v) is 5.59. The van der Waals surface area contributed by atoms with Gasteiger partial charge in [-0.05, 0) is 26.7 Å². The molecule has 0 amide bonds. The van der Waals surface area contributed by atoms with E-state index in [4.69, 9.17) is 4.74 Å².